The van der Waals surface area contributed by atoms with Crippen LogP contribution in [0, 0.1) is 6.92 Å². The van der Waals surface area contributed by atoms with Gasteiger partial charge in [0.05, 0.1) is 10.7 Å². The van der Waals surface area contributed by atoms with Crippen molar-refractivity contribution in [2.75, 3.05) is 0 Å². The number of aromatic nitrogens is 1. The predicted octanol–water partition coefficient (Wildman–Crippen LogP) is 2.91. The number of rotatable bonds is 2. The van der Waals surface area contributed by atoms with E-state index in [2.05, 4.69) is 4.98 Å². The number of alkyl halides is 2. The summed E-state index contributed by atoms with van der Waals surface area (Å²) in [5, 5.41) is -0.354. The fourth-order valence-corrected chi connectivity index (χ4v) is 3.00. The molecule has 0 unspecified atom stereocenters. The van der Waals surface area contributed by atoms with Crippen LogP contribution in [0.2, 0.25) is 5.02 Å². The molecule has 0 atom stereocenters. The molecule has 0 saturated carbocycles. The summed E-state index contributed by atoms with van der Waals surface area (Å²) in [5.41, 5.74) is -0.727. The molecule has 0 N–H and O–H groups in total. The lowest BCUT2D eigenvalue weighted by atomic mass is 10.3. The Bertz CT molecular complexity index is 467. The molecule has 0 fully saturated rings. The molecule has 3 nitrogen and oxygen atoms in total. The SMILES string of the molecule is Cc1nc(C(F)F)cc(Cl)c1S(=O)(=O)Cl. The number of hydrogen-bond acceptors (Lipinski definition) is 3. The van der Waals surface area contributed by atoms with E-state index in [0.29, 0.717) is 0 Å². The molecular formula is C7H5Cl2F2NO2S. The van der Waals surface area contributed by atoms with Crippen molar-refractivity contribution in [1.29, 1.82) is 0 Å². The van der Waals surface area contributed by atoms with E-state index in [1.54, 1.807) is 0 Å². The Morgan fingerprint density at radius 1 is 1.47 bits per heavy atom. The first-order valence-corrected chi connectivity index (χ1v) is 6.32. The standard InChI is InChI=1S/C7H5Cl2F2NO2S/c1-3-6(15(9,13)14)4(8)2-5(12-3)7(10)11/h2,7H,1H3. The molecule has 1 rings (SSSR count). The van der Waals surface area contributed by atoms with Crippen LogP contribution in [-0.4, -0.2) is 13.4 Å². The zero-order valence-corrected chi connectivity index (χ0v) is 9.67. The molecular weight excluding hydrogens is 271 g/mol. The fourth-order valence-electron chi connectivity index (χ4n) is 1.05. The third kappa shape index (κ3) is 2.76. The van der Waals surface area contributed by atoms with Gasteiger partial charge in [-0.3, -0.25) is 4.98 Å². The Morgan fingerprint density at radius 2 is 2.00 bits per heavy atom. The van der Waals surface area contributed by atoms with Crippen molar-refractivity contribution in [3.05, 3.63) is 22.5 Å². The molecule has 0 spiro atoms. The second kappa shape index (κ2) is 4.19. The van der Waals surface area contributed by atoms with E-state index < -0.39 is 26.1 Å². The summed E-state index contributed by atoms with van der Waals surface area (Å²) < 4.78 is 46.5. The van der Waals surface area contributed by atoms with Gasteiger partial charge in [-0.05, 0) is 13.0 Å². The third-order valence-electron chi connectivity index (χ3n) is 1.58. The van der Waals surface area contributed by atoms with Gasteiger partial charge in [-0.25, -0.2) is 17.2 Å². The normalized spacial score (nSPS) is 12.1. The van der Waals surface area contributed by atoms with E-state index in [4.69, 9.17) is 22.3 Å². The van der Waals surface area contributed by atoms with Crippen molar-refractivity contribution in [2.45, 2.75) is 18.2 Å². The van der Waals surface area contributed by atoms with E-state index >= 15 is 0 Å². The second-order valence-electron chi connectivity index (χ2n) is 2.68. The number of nitrogens with zero attached hydrogens (tertiary/aromatic N) is 1. The first-order chi connectivity index (χ1) is 6.73. The minimum Gasteiger partial charge on any atom is -0.251 e. The lowest BCUT2D eigenvalue weighted by Gasteiger charge is -2.06. The van der Waals surface area contributed by atoms with Gasteiger partial charge in [-0.1, -0.05) is 11.6 Å². The van der Waals surface area contributed by atoms with Gasteiger partial charge in [0.1, 0.15) is 10.6 Å². The van der Waals surface area contributed by atoms with Crippen LogP contribution >= 0.6 is 22.3 Å². The minimum atomic E-state index is -4.07. The van der Waals surface area contributed by atoms with Gasteiger partial charge in [0.15, 0.2) is 0 Å². The Morgan fingerprint density at radius 3 is 2.33 bits per heavy atom. The quantitative estimate of drug-likeness (QED) is 0.780. The Labute approximate surface area is 94.4 Å². The zero-order valence-electron chi connectivity index (χ0n) is 7.34. The molecule has 15 heavy (non-hydrogen) atoms. The van der Waals surface area contributed by atoms with Crippen LogP contribution in [0.25, 0.3) is 0 Å². The highest BCUT2D eigenvalue weighted by Crippen LogP contribution is 2.30. The van der Waals surface area contributed by atoms with E-state index in [-0.39, 0.29) is 10.7 Å². The third-order valence-corrected chi connectivity index (χ3v) is 3.46. The van der Waals surface area contributed by atoms with E-state index in [1.807, 2.05) is 0 Å². The highest BCUT2D eigenvalue weighted by atomic mass is 35.7. The first-order valence-electron chi connectivity index (χ1n) is 3.63. The lowest BCUT2D eigenvalue weighted by Crippen LogP contribution is -2.02. The smallest absolute Gasteiger partial charge is 0.251 e. The topological polar surface area (TPSA) is 47.0 Å². The summed E-state index contributed by atoms with van der Waals surface area (Å²) in [5.74, 6) is 0. The number of hydrogen-bond donors (Lipinski definition) is 0. The zero-order chi connectivity index (χ0) is 11.8. The van der Waals surface area contributed by atoms with Crippen molar-refractivity contribution in [3.8, 4) is 0 Å². The van der Waals surface area contributed by atoms with Gasteiger partial charge in [-0.15, -0.1) is 0 Å². The summed E-state index contributed by atoms with van der Waals surface area (Å²) >= 11 is 5.53. The average Bonchev–Trinajstić information content (AvgIpc) is 1.99. The van der Waals surface area contributed by atoms with Crippen LogP contribution in [0.1, 0.15) is 17.8 Å². The van der Waals surface area contributed by atoms with Crippen LogP contribution in [0.15, 0.2) is 11.0 Å². The van der Waals surface area contributed by atoms with Crippen molar-refractivity contribution in [3.63, 3.8) is 0 Å². The summed E-state index contributed by atoms with van der Waals surface area (Å²) in [6.45, 7) is 1.24. The van der Waals surface area contributed by atoms with Crippen molar-refractivity contribution in [2.24, 2.45) is 0 Å². The molecule has 0 radical (unpaired) electrons. The molecule has 84 valence electrons. The number of halogens is 4. The molecule has 1 heterocycles. The maximum Gasteiger partial charge on any atom is 0.280 e. The molecule has 8 heteroatoms. The van der Waals surface area contributed by atoms with Crippen LogP contribution in [0.4, 0.5) is 8.78 Å². The van der Waals surface area contributed by atoms with Gasteiger partial charge in [0.2, 0.25) is 0 Å². The fraction of sp³-hybridized carbons (Fsp3) is 0.286. The Balaban J connectivity index is 3.48. The van der Waals surface area contributed by atoms with Crippen LogP contribution < -0.4 is 0 Å². The van der Waals surface area contributed by atoms with Gasteiger partial charge in [-0.2, -0.15) is 0 Å². The largest absolute Gasteiger partial charge is 0.280 e. The predicted molar refractivity (Wildman–Crippen MR) is 52.0 cm³/mol. The average molecular weight is 276 g/mol. The van der Waals surface area contributed by atoms with Crippen LogP contribution in [-0.2, 0) is 9.05 Å². The summed E-state index contributed by atoms with van der Waals surface area (Å²) in [4.78, 5) is 2.97. The molecule has 0 bridgehead atoms. The minimum absolute atomic E-state index is 0.146. The van der Waals surface area contributed by atoms with Crippen LogP contribution in [0.5, 0.6) is 0 Å². The highest BCUT2D eigenvalue weighted by Gasteiger charge is 2.22. The molecule has 0 aliphatic rings. The van der Waals surface area contributed by atoms with Crippen molar-refractivity contribution in [1.82, 2.24) is 4.98 Å². The molecule has 0 saturated heterocycles. The lowest BCUT2D eigenvalue weighted by molar-refractivity contribution is 0.145. The Hall–Kier alpha value is -0.460. The summed E-state index contributed by atoms with van der Waals surface area (Å²) in [6.07, 6.45) is -2.81. The maximum absolute atomic E-state index is 12.3. The van der Waals surface area contributed by atoms with E-state index in [0.717, 1.165) is 6.07 Å². The molecule has 1 aromatic heterocycles. The maximum atomic E-state index is 12.3. The van der Waals surface area contributed by atoms with Crippen LogP contribution in [0.3, 0.4) is 0 Å². The monoisotopic (exact) mass is 275 g/mol. The van der Waals surface area contributed by atoms with Gasteiger partial charge in [0.25, 0.3) is 15.5 Å². The summed E-state index contributed by atoms with van der Waals surface area (Å²) in [6, 6.07) is 0.786. The Kier molecular flexibility index (Phi) is 3.52. The first kappa shape index (κ1) is 12.6. The number of aryl methyl sites for hydroxylation is 1. The molecule has 1 aromatic rings. The van der Waals surface area contributed by atoms with Gasteiger partial charge in [0, 0.05) is 10.7 Å². The van der Waals surface area contributed by atoms with Crippen molar-refractivity contribution >= 4 is 31.3 Å². The van der Waals surface area contributed by atoms with Crippen molar-refractivity contribution < 1.29 is 17.2 Å². The van der Waals surface area contributed by atoms with E-state index in [1.165, 1.54) is 6.92 Å². The molecule has 0 aliphatic carbocycles. The van der Waals surface area contributed by atoms with E-state index in [9.17, 15) is 17.2 Å². The number of pyridine rings is 1. The molecule has 0 amide bonds. The highest BCUT2D eigenvalue weighted by molar-refractivity contribution is 8.13. The second-order valence-corrected chi connectivity index (χ2v) is 5.59. The van der Waals surface area contributed by atoms with Gasteiger partial charge >= 0.3 is 0 Å². The summed E-state index contributed by atoms with van der Waals surface area (Å²) in [7, 11) is 0.988. The van der Waals surface area contributed by atoms with Gasteiger partial charge < -0.3 is 0 Å². The molecule has 0 aliphatic heterocycles. The molecule has 0 aromatic carbocycles.